The summed E-state index contributed by atoms with van der Waals surface area (Å²) in [7, 11) is 1.52. The summed E-state index contributed by atoms with van der Waals surface area (Å²) in [4.78, 5) is 12.4. The SMILES string of the molecule is COc1ccc(N(C(N)=O)N2CSc3cc(C(F)(F)F)ccc32)cc1. The maximum atomic E-state index is 12.9. The van der Waals surface area contributed by atoms with Gasteiger partial charge in [0.1, 0.15) is 5.75 Å². The molecule has 2 N–H and O–H groups in total. The number of fused-ring (bicyclic) bond motifs is 1. The molecule has 9 heteroatoms. The van der Waals surface area contributed by atoms with Gasteiger partial charge in [0.2, 0.25) is 0 Å². The summed E-state index contributed by atoms with van der Waals surface area (Å²) in [5.74, 6) is 0.880. The molecule has 2 aromatic carbocycles. The van der Waals surface area contributed by atoms with E-state index < -0.39 is 17.8 Å². The molecule has 0 spiro atoms. The van der Waals surface area contributed by atoms with E-state index >= 15 is 0 Å². The largest absolute Gasteiger partial charge is 0.497 e. The Balaban J connectivity index is 1.96. The van der Waals surface area contributed by atoms with E-state index in [1.165, 1.54) is 29.9 Å². The van der Waals surface area contributed by atoms with Crippen molar-refractivity contribution in [1.29, 1.82) is 0 Å². The van der Waals surface area contributed by atoms with E-state index in [4.69, 9.17) is 10.5 Å². The van der Waals surface area contributed by atoms with Crippen molar-refractivity contribution in [3.05, 3.63) is 48.0 Å². The fourth-order valence-corrected chi connectivity index (χ4v) is 3.54. The average Bonchev–Trinajstić information content (AvgIpc) is 2.98. The molecule has 0 fully saturated rings. The fourth-order valence-electron chi connectivity index (χ4n) is 2.49. The summed E-state index contributed by atoms with van der Waals surface area (Å²) in [6, 6.07) is 9.31. The summed E-state index contributed by atoms with van der Waals surface area (Å²) in [5.41, 5.74) is 5.75. The number of anilines is 2. The smallest absolute Gasteiger partial charge is 0.416 e. The molecule has 1 aliphatic heterocycles. The number of rotatable bonds is 3. The van der Waals surface area contributed by atoms with Crippen LogP contribution in [-0.2, 0) is 6.18 Å². The Morgan fingerprint density at radius 2 is 1.92 bits per heavy atom. The lowest BCUT2D eigenvalue weighted by molar-refractivity contribution is -0.137. The Bertz CT molecular complexity index is 796. The van der Waals surface area contributed by atoms with Gasteiger partial charge >= 0.3 is 12.2 Å². The number of thioether (sulfide) groups is 1. The van der Waals surface area contributed by atoms with Crippen LogP contribution in [0, 0.1) is 0 Å². The highest BCUT2D eigenvalue weighted by Gasteiger charge is 2.34. The number of urea groups is 1. The third-order valence-corrected chi connectivity index (χ3v) is 4.69. The van der Waals surface area contributed by atoms with Gasteiger partial charge in [0.05, 0.1) is 29.9 Å². The Labute approximate surface area is 146 Å². The molecular formula is C16H14F3N3O2S. The van der Waals surface area contributed by atoms with Crippen LogP contribution < -0.4 is 20.5 Å². The van der Waals surface area contributed by atoms with Crippen molar-refractivity contribution in [3.63, 3.8) is 0 Å². The first-order valence-corrected chi connectivity index (χ1v) is 8.15. The molecule has 1 heterocycles. The number of carbonyl (C=O) groups excluding carboxylic acids is 1. The van der Waals surface area contributed by atoms with Crippen molar-refractivity contribution < 1.29 is 22.7 Å². The zero-order valence-electron chi connectivity index (χ0n) is 13.1. The topological polar surface area (TPSA) is 58.8 Å². The second-order valence-electron chi connectivity index (χ2n) is 5.20. The van der Waals surface area contributed by atoms with Crippen LogP contribution in [0.1, 0.15) is 5.56 Å². The highest BCUT2D eigenvalue weighted by atomic mass is 32.2. The molecule has 0 saturated heterocycles. The number of nitrogens with zero attached hydrogens (tertiary/aromatic N) is 2. The molecule has 0 aromatic heterocycles. The number of hydrogen-bond acceptors (Lipinski definition) is 4. The first-order chi connectivity index (χ1) is 11.8. The highest BCUT2D eigenvalue weighted by molar-refractivity contribution is 7.99. The van der Waals surface area contributed by atoms with Crippen molar-refractivity contribution in [2.75, 3.05) is 23.0 Å². The molecule has 2 amide bonds. The second-order valence-corrected chi connectivity index (χ2v) is 6.19. The summed E-state index contributed by atoms with van der Waals surface area (Å²) >= 11 is 1.21. The van der Waals surface area contributed by atoms with Gasteiger partial charge in [0.15, 0.2) is 0 Å². The van der Waals surface area contributed by atoms with Crippen molar-refractivity contribution >= 4 is 29.2 Å². The van der Waals surface area contributed by atoms with Crippen LogP contribution in [0.5, 0.6) is 5.75 Å². The number of carbonyl (C=O) groups is 1. The van der Waals surface area contributed by atoms with Crippen molar-refractivity contribution in [3.8, 4) is 5.75 Å². The van der Waals surface area contributed by atoms with Gasteiger partial charge in [-0.2, -0.15) is 13.2 Å². The van der Waals surface area contributed by atoms with Gasteiger partial charge in [-0.1, -0.05) is 0 Å². The lowest BCUT2D eigenvalue weighted by Gasteiger charge is -2.31. The number of halogens is 3. The Kier molecular flexibility index (Phi) is 4.42. The Morgan fingerprint density at radius 1 is 1.24 bits per heavy atom. The number of amides is 2. The lowest BCUT2D eigenvalue weighted by Crippen LogP contribution is -2.48. The van der Waals surface area contributed by atoms with E-state index in [0.29, 0.717) is 22.0 Å². The quantitative estimate of drug-likeness (QED) is 0.886. The molecule has 132 valence electrons. The van der Waals surface area contributed by atoms with Crippen LogP contribution in [0.2, 0.25) is 0 Å². The normalized spacial score (nSPS) is 13.5. The molecule has 5 nitrogen and oxygen atoms in total. The molecule has 2 aromatic rings. The maximum Gasteiger partial charge on any atom is 0.416 e. The van der Waals surface area contributed by atoms with Crippen LogP contribution in [0.25, 0.3) is 0 Å². The van der Waals surface area contributed by atoms with Gasteiger partial charge in [0, 0.05) is 4.90 Å². The molecule has 0 atom stereocenters. The number of methoxy groups -OCH3 is 1. The minimum Gasteiger partial charge on any atom is -0.497 e. The minimum atomic E-state index is -4.41. The molecular weight excluding hydrogens is 355 g/mol. The predicted octanol–water partition coefficient (Wildman–Crippen LogP) is 4.08. The zero-order valence-corrected chi connectivity index (χ0v) is 13.9. The van der Waals surface area contributed by atoms with E-state index in [9.17, 15) is 18.0 Å². The number of ether oxygens (including phenoxy) is 1. The van der Waals surface area contributed by atoms with Gasteiger partial charge in [0.25, 0.3) is 0 Å². The van der Waals surface area contributed by atoms with Crippen LogP contribution in [0.15, 0.2) is 47.4 Å². The summed E-state index contributed by atoms with van der Waals surface area (Å²) in [6.07, 6.45) is -4.41. The molecule has 3 rings (SSSR count). The number of hydrogen-bond donors (Lipinski definition) is 1. The molecule has 0 bridgehead atoms. The fraction of sp³-hybridized carbons (Fsp3) is 0.188. The van der Waals surface area contributed by atoms with Crippen LogP contribution in [-0.4, -0.2) is 19.0 Å². The minimum absolute atomic E-state index is 0.269. The van der Waals surface area contributed by atoms with E-state index in [-0.39, 0.29) is 5.88 Å². The molecule has 0 radical (unpaired) electrons. The molecule has 0 aliphatic carbocycles. The van der Waals surface area contributed by atoms with Gasteiger partial charge in [-0.25, -0.2) is 9.80 Å². The third kappa shape index (κ3) is 3.32. The average molecular weight is 369 g/mol. The van der Waals surface area contributed by atoms with Crippen molar-refractivity contribution in [2.45, 2.75) is 11.1 Å². The standard InChI is InChI=1S/C16H14F3N3O2S/c1-24-12-5-3-11(4-6-12)22(15(20)23)21-9-25-14-8-10(16(17,18)19)2-7-13(14)21/h2-8H,9H2,1H3,(H2,20,23). The van der Waals surface area contributed by atoms with Gasteiger partial charge in [-0.3, -0.25) is 5.01 Å². The third-order valence-electron chi connectivity index (χ3n) is 3.67. The van der Waals surface area contributed by atoms with E-state index in [0.717, 1.165) is 12.1 Å². The van der Waals surface area contributed by atoms with E-state index in [1.54, 1.807) is 29.3 Å². The number of primary amides is 1. The van der Waals surface area contributed by atoms with E-state index in [2.05, 4.69) is 0 Å². The Morgan fingerprint density at radius 3 is 2.48 bits per heavy atom. The first-order valence-electron chi connectivity index (χ1n) is 7.16. The lowest BCUT2D eigenvalue weighted by atomic mass is 10.2. The predicted molar refractivity (Wildman–Crippen MR) is 89.7 cm³/mol. The highest BCUT2D eigenvalue weighted by Crippen LogP contribution is 2.43. The zero-order chi connectivity index (χ0) is 18.2. The van der Waals surface area contributed by atoms with Crippen molar-refractivity contribution in [2.24, 2.45) is 5.73 Å². The van der Waals surface area contributed by atoms with E-state index in [1.807, 2.05) is 0 Å². The molecule has 25 heavy (non-hydrogen) atoms. The van der Waals surface area contributed by atoms with Crippen molar-refractivity contribution in [1.82, 2.24) is 0 Å². The van der Waals surface area contributed by atoms with Gasteiger partial charge < -0.3 is 10.5 Å². The number of nitrogens with two attached hydrogens (primary N) is 1. The first kappa shape index (κ1) is 17.3. The van der Waals surface area contributed by atoms with Gasteiger partial charge in [-0.15, -0.1) is 11.8 Å². The second kappa shape index (κ2) is 6.40. The molecule has 0 unspecified atom stereocenters. The maximum absolute atomic E-state index is 12.9. The Hall–Kier alpha value is -2.55. The molecule has 0 saturated carbocycles. The summed E-state index contributed by atoms with van der Waals surface area (Å²) in [6.45, 7) is 0. The molecule has 1 aliphatic rings. The summed E-state index contributed by atoms with van der Waals surface area (Å²) in [5, 5.41) is 2.77. The van der Waals surface area contributed by atoms with Crippen LogP contribution in [0.4, 0.5) is 29.3 Å². The van der Waals surface area contributed by atoms with Crippen LogP contribution >= 0.6 is 11.8 Å². The monoisotopic (exact) mass is 369 g/mol. The number of benzene rings is 2. The summed E-state index contributed by atoms with van der Waals surface area (Å²) < 4.78 is 43.6. The number of alkyl halides is 3. The number of hydrazine groups is 1. The van der Waals surface area contributed by atoms with Gasteiger partial charge in [-0.05, 0) is 42.5 Å². The van der Waals surface area contributed by atoms with Crippen LogP contribution in [0.3, 0.4) is 0 Å².